The Morgan fingerprint density at radius 3 is 3.03 bits per heavy atom. The summed E-state index contributed by atoms with van der Waals surface area (Å²) in [5.41, 5.74) is 10.4. The first-order chi connectivity index (χ1) is 16.2. The van der Waals surface area contributed by atoms with Crippen molar-refractivity contribution in [3.05, 3.63) is 49.1 Å². The molecule has 1 saturated heterocycles. The number of nitrogens with two attached hydrogens (primary N) is 1. The van der Waals surface area contributed by atoms with E-state index in [1.807, 2.05) is 24.7 Å². The molecule has 7 nitrogen and oxygen atoms in total. The van der Waals surface area contributed by atoms with Crippen LogP contribution < -0.4 is 11.1 Å². The number of nitrogens with one attached hydrogen (secondary N) is 1. The second-order valence-electron chi connectivity index (χ2n) is 9.77. The van der Waals surface area contributed by atoms with Crippen molar-refractivity contribution < 1.29 is 4.42 Å². The number of pyridine rings is 1. The largest absolute Gasteiger partial charge is 0.452 e. The molecule has 33 heavy (non-hydrogen) atoms. The Hall–Kier alpha value is -3.23. The molecule has 8 heteroatoms. The minimum atomic E-state index is 0.400. The van der Waals surface area contributed by atoms with Gasteiger partial charge in [-0.1, -0.05) is 12.1 Å². The first-order valence-corrected chi connectivity index (χ1v) is 12.3. The van der Waals surface area contributed by atoms with Gasteiger partial charge < -0.3 is 15.5 Å². The zero-order valence-electron chi connectivity index (χ0n) is 17.9. The fraction of sp³-hybridized carbons (Fsp3) is 0.320. The van der Waals surface area contributed by atoms with Crippen LogP contribution in [-0.4, -0.2) is 30.7 Å². The highest BCUT2D eigenvalue weighted by Gasteiger charge is 2.66. The van der Waals surface area contributed by atoms with Gasteiger partial charge in [-0.25, -0.2) is 4.98 Å². The van der Waals surface area contributed by atoms with E-state index in [2.05, 4.69) is 43.8 Å². The monoisotopic (exact) mass is 454 g/mol. The molecule has 0 radical (unpaired) electrons. The van der Waals surface area contributed by atoms with E-state index in [4.69, 9.17) is 15.2 Å². The number of nitrogen functional groups attached to an aromatic ring is 1. The fourth-order valence-corrected chi connectivity index (χ4v) is 7.04. The van der Waals surface area contributed by atoms with Gasteiger partial charge in [0.15, 0.2) is 11.4 Å². The van der Waals surface area contributed by atoms with E-state index < -0.39 is 0 Å². The Morgan fingerprint density at radius 1 is 1.18 bits per heavy atom. The quantitative estimate of drug-likeness (QED) is 0.372. The van der Waals surface area contributed by atoms with Crippen LogP contribution in [0.1, 0.15) is 31.7 Å². The van der Waals surface area contributed by atoms with Crippen LogP contribution in [0.3, 0.4) is 0 Å². The number of aromatic nitrogens is 4. The van der Waals surface area contributed by atoms with Gasteiger partial charge in [0.25, 0.3) is 0 Å². The summed E-state index contributed by atoms with van der Waals surface area (Å²) >= 11 is 1.48. The average molecular weight is 455 g/mol. The minimum absolute atomic E-state index is 0.400. The SMILES string of the molecule is Nc1ncc(-c2cnn([C@H]3CC4CCC45N[C@H]5C3)c2)c2cc(-c3cccc4cnsc34)oc12. The molecule has 3 N–H and O–H groups in total. The molecular formula is C25H22N6OS. The van der Waals surface area contributed by atoms with Crippen LogP contribution in [0.4, 0.5) is 5.82 Å². The highest BCUT2D eigenvalue weighted by Crippen LogP contribution is 2.59. The smallest absolute Gasteiger partial charge is 0.177 e. The zero-order chi connectivity index (χ0) is 21.7. The number of hydrogen-bond donors (Lipinski definition) is 2. The summed E-state index contributed by atoms with van der Waals surface area (Å²) in [7, 11) is 0. The summed E-state index contributed by atoms with van der Waals surface area (Å²) in [6.07, 6.45) is 12.9. The first kappa shape index (κ1) is 18.2. The van der Waals surface area contributed by atoms with E-state index in [9.17, 15) is 0 Å². The van der Waals surface area contributed by atoms with Crippen molar-refractivity contribution in [1.82, 2.24) is 24.5 Å². The Kier molecular flexibility index (Phi) is 3.43. The Morgan fingerprint density at radius 2 is 2.15 bits per heavy atom. The lowest BCUT2D eigenvalue weighted by molar-refractivity contribution is 0.133. The van der Waals surface area contributed by atoms with Gasteiger partial charge in [-0.3, -0.25) is 4.68 Å². The molecule has 3 fully saturated rings. The lowest BCUT2D eigenvalue weighted by Gasteiger charge is -2.42. The number of nitrogens with zero attached hydrogens (tertiary/aromatic N) is 4. The molecule has 5 aromatic rings. The highest BCUT2D eigenvalue weighted by atomic mass is 32.1. The molecule has 8 rings (SSSR count). The van der Waals surface area contributed by atoms with E-state index in [1.165, 1.54) is 37.2 Å². The van der Waals surface area contributed by atoms with Gasteiger partial charge in [0.05, 0.1) is 16.9 Å². The number of furan rings is 1. The topological polar surface area (TPSA) is 105 Å². The third-order valence-corrected chi connectivity index (χ3v) is 9.05. The van der Waals surface area contributed by atoms with Crippen molar-refractivity contribution in [1.29, 1.82) is 0 Å². The summed E-state index contributed by atoms with van der Waals surface area (Å²) in [5.74, 6) is 1.99. The van der Waals surface area contributed by atoms with Crippen molar-refractivity contribution in [3.63, 3.8) is 0 Å². The molecule has 2 saturated carbocycles. The molecule has 5 heterocycles. The number of fused-ring (bicyclic) bond motifs is 2. The predicted molar refractivity (Wildman–Crippen MR) is 129 cm³/mol. The van der Waals surface area contributed by atoms with Crippen LogP contribution in [-0.2, 0) is 0 Å². The molecule has 1 aliphatic heterocycles. The van der Waals surface area contributed by atoms with E-state index in [1.54, 1.807) is 0 Å². The van der Waals surface area contributed by atoms with Gasteiger partial charge in [-0.05, 0) is 55.3 Å². The standard InChI is InChI=1S/C25H22N6OS/c26-24-22-18(8-20(32-22)17-3-1-2-13-10-29-33-23(13)17)19(11-27-24)14-9-28-31(12-14)16-6-15-4-5-25(15)21(7-16)30-25/h1-3,8-12,15-16,21,30H,4-7H2,(H2,26,27)/t15?,16-,21-,25?/m0/s1. The molecule has 164 valence electrons. The Balaban J connectivity index is 1.20. The Bertz CT molecular complexity index is 1570. The van der Waals surface area contributed by atoms with E-state index in [0.717, 1.165) is 43.8 Å². The summed E-state index contributed by atoms with van der Waals surface area (Å²) in [5, 5.41) is 10.6. The second-order valence-corrected chi connectivity index (χ2v) is 10.6. The van der Waals surface area contributed by atoms with Gasteiger partial charge >= 0.3 is 0 Å². The first-order valence-electron chi connectivity index (χ1n) is 11.5. The number of rotatable bonds is 3. The molecule has 2 unspecified atom stereocenters. The molecular weight excluding hydrogens is 432 g/mol. The van der Waals surface area contributed by atoms with Crippen LogP contribution >= 0.6 is 11.5 Å². The molecule has 4 atom stereocenters. The van der Waals surface area contributed by atoms with Gasteiger partial charge in [-0.15, -0.1) is 0 Å². The maximum atomic E-state index is 6.26. The number of anilines is 1. The van der Waals surface area contributed by atoms with Crippen molar-refractivity contribution >= 4 is 38.4 Å². The van der Waals surface area contributed by atoms with Crippen molar-refractivity contribution in [3.8, 4) is 22.5 Å². The minimum Gasteiger partial charge on any atom is -0.452 e. The molecule has 1 aromatic carbocycles. The van der Waals surface area contributed by atoms with Crippen LogP contribution in [0.5, 0.6) is 0 Å². The number of hydrogen-bond acceptors (Lipinski definition) is 7. The summed E-state index contributed by atoms with van der Waals surface area (Å²) in [6.45, 7) is 0. The summed E-state index contributed by atoms with van der Waals surface area (Å²) < 4.78 is 13.9. The van der Waals surface area contributed by atoms with Crippen LogP contribution in [0, 0.1) is 5.92 Å². The molecule has 3 aliphatic rings. The maximum Gasteiger partial charge on any atom is 0.177 e. The van der Waals surface area contributed by atoms with Gasteiger partial charge in [-0.2, -0.15) is 9.47 Å². The predicted octanol–water partition coefficient (Wildman–Crippen LogP) is 5.01. The van der Waals surface area contributed by atoms with Crippen molar-refractivity contribution in [2.45, 2.75) is 43.3 Å². The van der Waals surface area contributed by atoms with Gasteiger partial charge in [0.1, 0.15) is 5.76 Å². The van der Waals surface area contributed by atoms with Gasteiger partial charge in [0, 0.05) is 57.6 Å². The third-order valence-electron chi connectivity index (χ3n) is 8.20. The maximum absolute atomic E-state index is 6.26. The van der Waals surface area contributed by atoms with E-state index >= 15 is 0 Å². The van der Waals surface area contributed by atoms with E-state index in [-0.39, 0.29) is 0 Å². The lowest BCUT2D eigenvalue weighted by atomic mass is 9.63. The zero-order valence-corrected chi connectivity index (χ0v) is 18.7. The third kappa shape index (κ3) is 2.45. The molecule has 0 bridgehead atoms. The fourth-order valence-electron chi connectivity index (χ4n) is 6.27. The Labute approximate surface area is 193 Å². The normalized spacial score (nSPS) is 27.9. The van der Waals surface area contributed by atoms with Crippen molar-refractivity contribution in [2.24, 2.45) is 5.92 Å². The molecule has 2 aliphatic carbocycles. The summed E-state index contributed by atoms with van der Waals surface area (Å²) in [6, 6.07) is 9.37. The van der Waals surface area contributed by atoms with Crippen LogP contribution in [0.25, 0.3) is 43.5 Å². The molecule has 0 amide bonds. The van der Waals surface area contributed by atoms with E-state index in [0.29, 0.717) is 29.0 Å². The average Bonchev–Trinajstić information content (AvgIpc) is 3.23. The number of benzene rings is 1. The lowest BCUT2D eigenvalue weighted by Crippen LogP contribution is -2.44. The molecule has 1 spiro atoms. The summed E-state index contributed by atoms with van der Waals surface area (Å²) in [4.78, 5) is 4.44. The van der Waals surface area contributed by atoms with Crippen LogP contribution in [0.15, 0.2) is 53.5 Å². The van der Waals surface area contributed by atoms with Gasteiger partial charge in [0.2, 0.25) is 0 Å². The second kappa shape index (κ2) is 6.21. The van der Waals surface area contributed by atoms with Crippen molar-refractivity contribution in [2.75, 3.05) is 5.73 Å². The molecule has 4 aromatic heterocycles. The highest BCUT2D eigenvalue weighted by molar-refractivity contribution is 7.13. The van der Waals surface area contributed by atoms with Crippen LogP contribution in [0.2, 0.25) is 0 Å².